The van der Waals surface area contributed by atoms with Crippen LogP contribution in [-0.4, -0.2) is 24.1 Å². The molecule has 0 unspecified atom stereocenters. The topological polar surface area (TPSA) is 63.2 Å². The van der Waals surface area contributed by atoms with Crippen LogP contribution >= 0.6 is 11.3 Å². The van der Waals surface area contributed by atoms with Gasteiger partial charge in [-0.15, -0.1) is 11.3 Å². The Morgan fingerprint density at radius 2 is 2.05 bits per heavy atom. The average molecular weight is 319 g/mol. The van der Waals surface area contributed by atoms with Crippen molar-refractivity contribution in [2.75, 3.05) is 18.5 Å². The van der Waals surface area contributed by atoms with Crippen LogP contribution in [0.5, 0.6) is 0 Å². The van der Waals surface area contributed by atoms with Crippen molar-refractivity contribution in [1.29, 1.82) is 0 Å². The third kappa shape index (κ3) is 4.82. The molecular weight excluding hydrogens is 298 g/mol. The van der Waals surface area contributed by atoms with Crippen LogP contribution < -0.4 is 10.6 Å². The number of carbonyl (C=O) groups is 1. The summed E-state index contributed by atoms with van der Waals surface area (Å²) in [6.45, 7) is 6.10. The number of nitrogens with zero attached hydrogens (tertiary/aromatic N) is 1. The van der Waals surface area contributed by atoms with Gasteiger partial charge in [0.1, 0.15) is 0 Å². The van der Waals surface area contributed by atoms with Crippen molar-refractivity contribution < 1.29 is 9.53 Å². The zero-order chi connectivity index (χ0) is 15.8. The molecule has 0 spiro atoms. The van der Waals surface area contributed by atoms with E-state index in [9.17, 15) is 4.79 Å². The highest BCUT2D eigenvalue weighted by atomic mass is 32.1. The Labute approximate surface area is 134 Å². The van der Waals surface area contributed by atoms with Crippen molar-refractivity contribution in [2.45, 2.75) is 26.8 Å². The van der Waals surface area contributed by atoms with Crippen LogP contribution in [0.1, 0.15) is 36.3 Å². The van der Waals surface area contributed by atoms with Gasteiger partial charge in [0, 0.05) is 17.6 Å². The smallest absolute Gasteiger partial charge is 0.338 e. The lowest BCUT2D eigenvalue weighted by atomic mass is 10.2. The van der Waals surface area contributed by atoms with Gasteiger partial charge in [-0.05, 0) is 44.2 Å². The molecule has 5 nitrogen and oxygen atoms in total. The molecule has 0 bridgehead atoms. The Balaban J connectivity index is 1.92. The maximum Gasteiger partial charge on any atom is 0.338 e. The zero-order valence-corrected chi connectivity index (χ0v) is 13.7. The molecule has 0 saturated carbocycles. The molecule has 0 saturated heterocycles. The number of benzene rings is 1. The molecule has 0 atom stereocenters. The van der Waals surface area contributed by atoms with Gasteiger partial charge in [0.15, 0.2) is 5.13 Å². The van der Waals surface area contributed by atoms with E-state index in [4.69, 9.17) is 4.74 Å². The summed E-state index contributed by atoms with van der Waals surface area (Å²) in [6.07, 6.45) is 1.11. The molecule has 22 heavy (non-hydrogen) atoms. The first kappa shape index (κ1) is 16.5. The first-order valence-electron chi connectivity index (χ1n) is 7.42. The molecule has 0 amide bonds. The lowest BCUT2D eigenvalue weighted by Crippen LogP contribution is -2.13. The highest BCUT2D eigenvalue weighted by molar-refractivity contribution is 7.13. The Morgan fingerprint density at radius 1 is 1.27 bits per heavy atom. The maximum absolute atomic E-state index is 11.6. The molecule has 2 aromatic rings. The molecule has 0 aliphatic rings. The predicted molar refractivity (Wildman–Crippen MR) is 89.8 cm³/mol. The van der Waals surface area contributed by atoms with Gasteiger partial charge in [-0.2, -0.15) is 0 Å². The van der Waals surface area contributed by atoms with Crippen molar-refractivity contribution in [2.24, 2.45) is 0 Å². The minimum atomic E-state index is -0.299. The summed E-state index contributed by atoms with van der Waals surface area (Å²) in [5.74, 6) is -0.299. The van der Waals surface area contributed by atoms with Gasteiger partial charge in [0.2, 0.25) is 0 Å². The number of hydrogen-bond acceptors (Lipinski definition) is 6. The number of hydrogen-bond donors (Lipinski definition) is 2. The summed E-state index contributed by atoms with van der Waals surface area (Å²) in [6, 6.07) is 7.20. The molecule has 0 fully saturated rings. The maximum atomic E-state index is 11.6. The molecule has 2 rings (SSSR count). The van der Waals surface area contributed by atoms with E-state index < -0.39 is 0 Å². The zero-order valence-electron chi connectivity index (χ0n) is 12.9. The van der Waals surface area contributed by atoms with Crippen molar-refractivity contribution in [3.8, 4) is 0 Å². The average Bonchev–Trinajstić information content (AvgIpc) is 2.96. The second kappa shape index (κ2) is 8.51. The second-order valence-electron chi connectivity index (χ2n) is 4.74. The van der Waals surface area contributed by atoms with Crippen LogP contribution in [0, 0.1) is 0 Å². The Kier molecular flexibility index (Phi) is 6.36. The highest BCUT2D eigenvalue weighted by Crippen LogP contribution is 2.21. The summed E-state index contributed by atoms with van der Waals surface area (Å²) >= 11 is 1.57. The Hall–Kier alpha value is -1.92. The van der Waals surface area contributed by atoms with E-state index in [1.165, 1.54) is 0 Å². The minimum absolute atomic E-state index is 0.299. The fourth-order valence-corrected chi connectivity index (χ4v) is 2.60. The predicted octanol–water partition coefficient (Wildman–Crippen LogP) is 3.56. The van der Waals surface area contributed by atoms with Crippen molar-refractivity contribution in [3.05, 3.63) is 40.9 Å². The molecule has 0 radical (unpaired) electrons. The molecule has 6 heteroatoms. The monoisotopic (exact) mass is 319 g/mol. The molecular formula is C16H21N3O2S. The Bertz CT molecular complexity index is 596. The molecule has 1 heterocycles. The number of aromatic nitrogens is 1. The summed E-state index contributed by atoms with van der Waals surface area (Å²) < 4.78 is 4.96. The summed E-state index contributed by atoms with van der Waals surface area (Å²) in [7, 11) is 0. The third-order valence-corrected chi connectivity index (χ3v) is 3.74. The number of anilines is 2. The van der Waals surface area contributed by atoms with Gasteiger partial charge >= 0.3 is 5.97 Å². The van der Waals surface area contributed by atoms with Crippen molar-refractivity contribution >= 4 is 28.1 Å². The highest BCUT2D eigenvalue weighted by Gasteiger charge is 2.06. The van der Waals surface area contributed by atoms with Gasteiger partial charge < -0.3 is 15.4 Å². The summed E-state index contributed by atoms with van der Waals surface area (Å²) in [5.41, 5.74) is 2.48. The second-order valence-corrected chi connectivity index (χ2v) is 5.60. The number of carbonyl (C=O) groups excluding carboxylic acids is 1. The molecule has 0 aliphatic carbocycles. The molecule has 1 aromatic carbocycles. The van der Waals surface area contributed by atoms with Crippen LogP contribution in [0.4, 0.5) is 10.8 Å². The normalized spacial score (nSPS) is 10.5. The largest absolute Gasteiger partial charge is 0.462 e. The van der Waals surface area contributed by atoms with Crippen LogP contribution in [-0.2, 0) is 11.3 Å². The number of thiazole rings is 1. The first-order valence-corrected chi connectivity index (χ1v) is 8.30. The lowest BCUT2D eigenvalue weighted by Gasteiger charge is -2.05. The quantitative estimate of drug-likeness (QED) is 0.575. The number of nitrogens with one attached hydrogen (secondary N) is 2. The van der Waals surface area contributed by atoms with Gasteiger partial charge in [-0.1, -0.05) is 6.92 Å². The van der Waals surface area contributed by atoms with E-state index >= 15 is 0 Å². The number of ether oxygens (including phenoxy) is 1. The summed E-state index contributed by atoms with van der Waals surface area (Å²) in [5, 5.41) is 9.45. The van der Waals surface area contributed by atoms with Gasteiger partial charge in [0.05, 0.1) is 17.9 Å². The van der Waals surface area contributed by atoms with Gasteiger partial charge in [-0.3, -0.25) is 0 Å². The van der Waals surface area contributed by atoms with E-state index in [1.54, 1.807) is 30.4 Å². The van der Waals surface area contributed by atoms with Gasteiger partial charge in [-0.25, -0.2) is 9.78 Å². The van der Waals surface area contributed by atoms with Crippen LogP contribution in [0.15, 0.2) is 29.6 Å². The third-order valence-electron chi connectivity index (χ3n) is 2.93. The first-order chi connectivity index (χ1) is 10.7. The number of rotatable bonds is 8. The molecule has 2 N–H and O–H groups in total. The van der Waals surface area contributed by atoms with E-state index in [-0.39, 0.29) is 5.97 Å². The van der Waals surface area contributed by atoms with E-state index in [0.717, 1.165) is 36.0 Å². The Morgan fingerprint density at radius 3 is 2.73 bits per heavy atom. The van der Waals surface area contributed by atoms with E-state index in [2.05, 4.69) is 22.5 Å². The van der Waals surface area contributed by atoms with E-state index in [0.29, 0.717) is 12.2 Å². The number of esters is 1. The fourth-order valence-electron chi connectivity index (χ4n) is 1.87. The lowest BCUT2D eigenvalue weighted by molar-refractivity contribution is 0.0526. The standard InChI is InChI=1S/C16H21N3O2S/c1-3-9-17-10-14-11-22-16(19-14)18-13-7-5-12(6-8-13)15(20)21-4-2/h5-8,11,17H,3-4,9-10H2,1-2H3,(H,18,19). The molecule has 0 aliphatic heterocycles. The fraction of sp³-hybridized carbons (Fsp3) is 0.375. The van der Waals surface area contributed by atoms with Crippen LogP contribution in [0.2, 0.25) is 0 Å². The molecule has 1 aromatic heterocycles. The SMILES string of the molecule is CCCNCc1csc(Nc2ccc(C(=O)OCC)cc2)n1. The van der Waals surface area contributed by atoms with Crippen molar-refractivity contribution in [3.63, 3.8) is 0 Å². The van der Waals surface area contributed by atoms with E-state index in [1.807, 2.05) is 17.5 Å². The molecule has 118 valence electrons. The van der Waals surface area contributed by atoms with Crippen molar-refractivity contribution in [1.82, 2.24) is 10.3 Å². The minimum Gasteiger partial charge on any atom is -0.462 e. The van der Waals surface area contributed by atoms with Gasteiger partial charge in [0.25, 0.3) is 0 Å². The summed E-state index contributed by atoms with van der Waals surface area (Å²) in [4.78, 5) is 16.1. The van der Waals surface area contributed by atoms with Crippen LogP contribution in [0.3, 0.4) is 0 Å². The van der Waals surface area contributed by atoms with Crippen LogP contribution in [0.25, 0.3) is 0 Å².